The summed E-state index contributed by atoms with van der Waals surface area (Å²) in [5, 5.41) is 4.15. The molecule has 0 bridgehead atoms. The average Bonchev–Trinajstić information content (AvgIpc) is 2.99. The molecule has 1 heterocycles. The lowest BCUT2D eigenvalue weighted by Gasteiger charge is -2.34. The summed E-state index contributed by atoms with van der Waals surface area (Å²) >= 11 is 2.28. The van der Waals surface area contributed by atoms with Crippen LogP contribution in [0.3, 0.4) is 0 Å². The molecule has 112 valence electrons. The molecule has 2 N–H and O–H groups in total. The van der Waals surface area contributed by atoms with Crippen LogP contribution in [0, 0.1) is 9.49 Å². The van der Waals surface area contributed by atoms with Crippen LogP contribution in [-0.2, 0) is 5.54 Å². The standard InChI is InChI=1S/C16H20IN3O/c1-2-11-7-9-16(18,10-8-11)15-19-14(21-20-15)12-3-5-13(17)6-4-12/h3-6,11H,2,7-10,18H2,1H3. The predicted molar refractivity (Wildman–Crippen MR) is 90.6 cm³/mol. The van der Waals surface area contributed by atoms with E-state index in [0.29, 0.717) is 11.7 Å². The van der Waals surface area contributed by atoms with Crippen LogP contribution in [0.5, 0.6) is 0 Å². The second-order valence-electron chi connectivity index (χ2n) is 5.94. The minimum Gasteiger partial charge on any atom is -0.334 e. The van der Waals surface area contributed by atoms with E-state index in [-0.39, 0.29) is 0 Å². The number of nitrogens with two attached hydrogens (primary N) is 1. The summed E-state index contributed by atoms with van der Waals surface area (Å²) in [5.41, 5.74) is 7.05. The van der Waals surface area contributed by atoms with Gasteiger partial charge in [0.05, 0.1) is 5.54 Å². The minimum absolute atomic E-state index is 0.420. The molecule has 1 aliphatic carbocycles. The van der Waals surface area contributed by atoms with Gasteiger partial charge < -0.3 is 10.3 Å². The summed E-state index contributed by atoms with van der Waals surface area (Å²) in [6.45, 7) is 2.25. The molecule has 1 aromatic heterocycles. The number of benzene rings is 1. The molecule has 5 heteroatoms. The molecule has 1 aromatic carbocycles. The topological polar surface area (TPSA) is 64.9 Å². The third-order valence-corrected chi connectivity index (χ3v) is 5.26. The van der Waals surface area contributed by atoms with Gasteiger partial charge in [0.25, 0.3) is 5.89 Å². The van der Waals surface area contributed by atoms with Crippen molar-refractivity contribution in [2.45, 2.75) is 44.6 Å². The number of nitrogens with zero attached hydrogens (tertiary/aromatic N) is 2. The van der Waals surface area contributed by atoms with Crippen LogP contribution in [0.15, 0.2) is 28.8 Å². The Kier molecular flexibility index (Phi) is 4.31. The van der Waals surface area contributed by atoms with Crippen molar-refractivity contribution in [2.75, 3.05) is 0 Å². The Bertz CT molecular complexity index is 600. The first-order valence-corrected chi connectivity index (χ1v) is 8.57. The Hall–Kier alpha value is -0.950. The van der Waals surface area contributed by atoms with Crippen LogP contribution in [0.4, 0.5) is 0 Å². The molecule has 0 radical (unpaired) electrons. The van der Waals surface area contributed by atoms with Gasteiger partial charge in [0.15, 0.2) is 5.82 Å². The van der Waals surface area contributed by atoms with Gasteiger partial charge in [-0.15, -0.1) is 0 Å². The van der Waals surface area contributed by atoms with E-state index in [1.807, 2.05) is 24.3 Å². The molecule has 0 unspecified atom stereocenters. The van der Waals surface area contributed by atoms with Crippen molar-refractivity contribution >= 4 is 22.6 Å². The van der Waals surface area contributed by atoms with Crippen molar-refractivity contribution < 1.29 is 4.52 Å². The zero-order valence-electron chi connectivity index (χ0n) is 12.2. The number of rotatable bonds is 3. The van der Waals surface area contributed by atoms with Gasteiger partial charge in [-0.25, -0.2) is 0 Å². The van der Waals surface area contributed by atoms with Crippen molar-refractivity contribution in [1.29, 1.82) is 0 Å². The van der Waals surface area contributed by atoms with E-state index in [1.165, 1.54) is 9.99 Å². The second-order valence-corrected chi connectivity index (χ2v) is 7.18. The van der Waals surface area contributed by atoms with Gasteiger partial charge in [-0.1, -0.05) is 18.5 Å². The van der Waals surface area contributed by atoms with E-state index in [0.717, 1.165) is 37.2 Å². The quantitative estimate of drug-likeness (QED) is 0.793. The van der Waals surface area contributed by atoms with Gasteiger partial charge in [0, 0.05) is 9.13 Å². The summed E-state index contributed by atoms with van der Waals surface area (Å²) in [5.74, 6) is 2.01. The minimum atomic E-state index is -0.420. The highest BCUT2D eigenvalue weighted by atomic mass is 127. The van der Waals surface area contributed by atoms with Gasteiger partial charge in [0.1, 0.15) is 0 Å². The normalized spacial score (nSPS) is 26.0. The van der Waals surface area contributed by atoms with Crippen LogP contribution in [0.25, 0.3) is 11.5 Å². The van der Waals surface area contributed by atoms with Crippen molar-refractivity contribution in [1.82, 2.24) is 10.1 Å². The molecule has 0 saturated heterocycles. The van der Waals surface area contributed by atoms with Crippen molar-refractivity contribution in [3.63, 3.8) is 0 Å². The van der Waals surface area contributed by atoms with E-state index in [4.69, 9.17) is 10.3 Å². The van der Waals surface area contributed by atoms with E-state index >= 15 is 0 Å². The maximum Gasteiger partial charge on any atom is 0.257 e. The van der Waals surface area contributed by atoms with Gasteiger partial charge in [-0.2, -0.15) is 4.98 Å². The zero-order valence-corrected chi connectivity index (χ0v) is 14.3. The highest BCUT2D eigenvalue weighted by Crippen LogP contribution is 2.38. The van der Waals surface area contributed by atoms with Crippen LogP contribution in [0.2, 0.25) is 0 Å². The summed E-state index contributed by atoms with van der Waals surface area (Å²) in [6.07, 6.45) is 5.42. The smallest absolute Gasteiger partial charge is 0.257 e. The lowest BCUT2D eigenvalue weighted by molar-refractivity contribution is 0.216. The molecule has 0 atom stereocenters. The van der Waals surface area contributed by atoms with Gasteiger partial charge >= 0.3 is 0 Å². The fourth-order valence-corrected chi connectivity index (χ4v) is 3.32. The van der Waals surface area contributed by atoms with Gasteiger partial charge in [-0.3, -0.25) is 0 Å². The van der Waals surface area contributed by atoms with Crippen LogP contribution < -0.4 is 5.73 Å². The lowest BCUT2D eigenvalue weighted by atomic mass is 9.76. The highest BCUT2D eigenvalue weighted by molar-refractivity contribution is 14.1. The Labute approximate surface area is 138 Å². The van der Waals surface area contributed by atoms with Crippen LogP contribution in [-0.4, -0.2) is 10.1 Å². The molecular formula is C16H20IN3O. The molecule has 0 amide bonds. The first-order chi connectivity index (χ1) is 10.1. The Morgan fingerprint density at radius 1 is 1.29 bits per heavy atom. The third kappa shape index (κ3) is 3.13. The van der Waals surface area contributed by atoms with Crippen molar-refractivity contribution in [3.8, 4) is 11.5 Å². The van der Waals surface area contributed by atoms with Crippen LogP contribution in [0.1, 0.15) is 44.9 Å². The number of halogens is 1. The summed E-state index contributed by atoms with van der Waals surface area (Å²) in [6, 6.07) is 8.06. The number of hydrogen-bond donors (Lipinski definition) is 1. The maximum absolute atomic E-state index is 6.53. The summed E-state index contributed by atoms with van der Waals surface area (Å²) in [7, 11) is 0. The number of hydrogen-bond acceptors (Lipinski definition) is 4. The Balaban J connectivity index is 1.80. The molecular weight excluding hydrogens is 377 g/mol. The fraction of sp³-hybridized carbons (Fsp3) is 0.500. The molecule has 0 aliphatic heterocycles. The summed E-state index contributed by atoms with van der Waals surface area (Å²) < 4.78 is 6.60. The maximum atomic E-state index is 6.53. The SMILES string of the molecule is CCC1CCC(N)(c2noc(-c3ccc(I)cc3)n2)CC1. The first kappa shape index (κ1) is 15.0. The lowest BCUT2D eigenvalue weighted by Crippen LogP contribution is -2.41. The molecule has 0 spiro atoms. The molecule has 2 aromatic rings. The Morgan fingerprint density at radius 3 is 2.57 bits per heavy atom. The fourth-order valence-electron chi connectivity index (χ4n) is 2.96. The van der Waals surface area contributed by atoms with E-state index in [2.05, 4.69) is 39.7 Å². The van der Waals surface area contributed by atoms with Gasteiger partial charge in [0.2, 0.25) is 0 Å². The molecule has 1 aliphatic rings. The van der Waals surface area contributed by atoms with Crippen LogP contribution >= 0.6 is 22.6 Å². The number of aromatic nitrogens is 2. The van der Waals surface area contributed by atoms with Gasteiger partial charge in [-0.05, 0) is 78.5 Å². The molecule has 21 heavy (non-hydrogen) atoms. The highest BCUT2D eigenvalue weighted by Gasteiger charge is 2.36. The van der Waals surface area contributed by atoms with E-state index in [1.54, 1.807) is 0 Å². The first-order valence-electron chi connectivity index (χ1n) is 7.50. The molecule has 3 rings (SSSR count). The summed E-state index contributed by atoms with van der Waals surface area (Å²) in [4.78, 5) is 4.55. The van der Waals surface area contributed by atoms with Crippen molar-refractivity contribution in [2.24, 2.45) is 11.7 Å². The monoisotopic (exact) mass is 397 g/mol. The van der Waals surface area contributed by atoms with Crippen molar-refractivity contribution in [3.05, 3.63) is 33.7 Å². The van der Waals surface area contributed by atoms with E-state index < -0.39 is 5.54 Å². The Morgan fingerprint density at radius 2 is 1.95 bits per heavy atom. The predicted octanol–water partition coefficient (Wildman–Crippen LogP) is 4.10. The average molecular weight is 397 g/mol. The second kappa shape index (κ2) is 6.04. The molecule has 4 nitrogen and oxygen atoms in total. The largest absolute Gasteiger partial charge is 0.334 e. The zero-order chi connectivity index (χ0) is 14.9. The molecule has 1 saturated carbocycles. The molecule has 1 fully saturated rings. The third-order valence-electron chi connectivity index (χ3n) is 4.54. The van der Waals surface area contributed by atoms with E-state index in [9.17, 15) is 0 Å².